The van der Waals surface area contributed by atoms with E-state index in [1.807, 2.05) is 19.1 Å². The van der Waals surface area contributed by atoms with Crippen LogP contribution in [0.1, 0.15) is 24.8 Å². The first-order valence-corrected chi connectivity index (χ1v) is 10.3. The molecular weight excluding hydrogens is 326 g/mol. The van der Waals surface area contributed by atoms with Crippen molar-refractivity contribution in [2.24, 2.45) is 0 Å². The fourth-order valence-electron chi connectivity index (χ4n) is 3.42. The second-order valence-electron chi connectivity index (χ2n) is 6.71. The molecule has 2 fully saturated rings. The van der Waals surface area contributed by atoms with Gasteiger partial charge in [-0.1, -0.05) is 17.7 Å². The number of ether oxygens (including phenoxy) is 2. The van der Waals surface area contributed by atoms with Gasteiger partial charge in [0.1, 0.15) is 5.25 Å². The molecular formula is C18H27NO4S. The lowest BCUT2D eigenvalue weighted by molar-refractivity contribution is -0.00470. The predicted octanol–water partition coefficient (Wildman–Crippen LogP) is 2.04. The van der Waals surface area contributed by atoms with Crippen molar-refractivity contribution in [1.29, 1.82) is 0 Å². The average molecular weight is 353 g/mol. The first-order chi connectivity index (χ1) is 11.6. The molecule has 6 heteroatoms. The molecule has 2 heterocycles. The van der Waals surface area contributed by atoms with Crippen LogP contribution in [0.5, 0.6) is 0 Å². The summed E-state index contributed by atoms with van der Waals surface area (Å²) in [6, 6.07) is 7.17. The van der Waals surface area contributed by atoms with E-state index in [0.717, 1.165) is 37.9 Å². The summed E-state index contributed by atoms with van der Waals surface area (Å²) >= 11 is 0. The second-order valence-corrected chi connectivity index (χ2v) is 8.88. The first kappa shape index (κ1) is 17.9. The van der Waals surface area contributed by atoms with Crippen molar-refractivity contribution in [2.75, 3.05) is 39.5 Å². The molecule has 2 saturated heterocycles. The van der Waals surface area contributed by atoms with E-state index in [2.05, 4.69) is 4.90 Å². The van der Waals surface area contributed by atoms with Crippen LogP contribution in [0.2, 0.25) is 0 Å². The number of hydrogen-bond acceptors (Lipinski definition) is 5. The molecule has 2 aliphatic rings. The summed E-state index contributed by atoms with van der Waals surface area (Å²) < 4.78 is 37.8. The lowest BCUT2D eigenvalue weighted by atomic mass is 10.1. The van der Waals surface area contributed by atoms with Gasteiger partial charge in [0.2, 0.25) is 0 Å². The third-order valence-corrected chi connectivity index (χ3v) is 7.10. The van der Waals surface area contributed by atoms with E-state index in [1.165, 1.54) is 0 Å². The van der Waals surface area contributed by atoms with Crippen LogP contribution in [-0.4, -0.2) is 64.1 Å². The molecule has 134 valence electrons. The van der Waals surface area contributed by atoms with Crippen LogP contribution in [-0.2, 0) is 19.3 Å². The number of sulfone groups is 1. The van der Waals surface area contributed by atoms with Gasteiger partial charge >= 0.3 is 0 Å². The van der Waals surface area contributed by atoms with E-state index < -0.39 is 15.1 Å². The molecule has 2 aliphatic heterocycles. The Morgan fingerprint density at radius 1 is 1.12 bits per heavy atom. The van der Waals surface area contributed by atoms with Crippen LogP contribution in [0.25, 0.3) is 0 Å². The quantitative estimate of drug-likeness (QED) is 0.811. The fraction of sp³-hybridized carbons (Fsp3) is 0.667. The minimum atomic E-state index is -3.42. The zero-order valence-corrected chi connectivity index (χ0v) is 15.1. The van der Waals surface area contributed by atoms with Gasteiger partial charge in [-0.05, 0) is 38.3 Å². The lowest BCUT2D eigenvalue weighted by Crippen LogP contribution is -2.49. The van der Waals surface area contributed by atoms with Gasteiger partial charge in [-0.2, -0.15) is 0 Å². The number of nitrogens with zero attached hydrogens (tertiary/aromatic N) is 1. The molecule has 0 unspecified atom stereocenters. The largest absolute Gasteiger partial charge is 0.379 e. The van der Waals surface area contributed by atoms with Crippen molar-refractivity contribution in [3.8, 4) is 0 Å². The van der Waals surface area contributed by atoms with E-state index in [0.29, 0.717) is 31.3 Å². The summed E-state index contributed by atoms with van der Waals surface area (Å²) in [7, 11) is -3.42. The highest BCUT2D eigenvalue weighted by Gasteiger charge is 2.37. The van der Waals surface area contributed by atoms with Gasteiger partial charge in [-0.3, -0.25) is 4.90 Å². The maximum Gasteiger partial charge on any atom is 0.185 e. The van der Waals surface area contributed by atoms with Crippen LogP contribution in [0.4, 0.5) is 0 Å². The molecule has 2 atom stereocenters. The average Bonchev–Trinajstić information content (AvgIpc) is 2.61. The zero-order valence-electron chi connectivity index (χ0n) is 14.3. The molecule has 0 amide bonds. The van der Waals surface area contributed by atoms with Gasteiger partial charge in [0.05, 0.1) is 24.2 Å². The maximum atomic E-state index is 13.3. The highest BCUT2D eigenvalue weighted by Crippen LogP contribution is 2.27. The summed E-state index contributed by atoms with van der Waals surface area (Å²) in [5, 5.41) is -0.515. The first-order valence-electron chi connectivity index (χ1n) is 8.79. The molecule has 1 aromatic carbocycles. The maximum absolute atomic E-state index is 13.3. The number of morpholine rings is 1. The molecule has 0 aliphatic carbocycles. The number of benzene rings is 1. The van der Waals surface area contributed by atoms with E-state index >= 15 is 0 Å². The zero-order chi connectivity index (χ0) is 17.0. The molecule has 0 spiro atoms. The normalized spacial score (nSPS) is 24.6. The molecule has 24 heavy (non-hydrogen) atoms. The van der Waals surface area contributed by atoms with Crippen LogP contribution in [0, 0.1) is 6.92 Å². The van der Waals surface area contributed by atoms with Crippen molar-refractivity contribution >= 4 is 9.84 Å². The minimum absolute atomic E-state index is 0.215. The highest BCUT2D eigenvalue weighted by atomic mass is 32.2. The molecule has 3 rings (SSSR count). The molecule has 0 saturated carbocycles. The van der Waals surface area contributed by atoms with Crippen LogP contribution in [0.3, 0.4) is 0 Å². The minimum Gasteiger partial charge on any atom is -0.379 e. The van der Waals surface area contributed by atoms with Gasteiger partial charge in [0.15, 0.2) is 9.84 Å². The van der Waals surface area contributed by atoms with Gasteiger partial charge in [-0.15, -0.1) is 0 Å². The Labute approximate surface area is 144 Å². The number of rotatable bonds is 5. The van der Waals surface area contributed by atoms with Crippen LogP contribution >= 0.6 is 0 Å². The topological polar surface area (TPSA) is 55.8 Å². The monoisotopic (exact) mass is 353 g/mol. The SMILES string of the molecule is Cc1ccc(S(=O)(=O)[C@H](CN2CCOCC2)[C@@H]2CCCCO2)cc1. The summed E-state index contributed by atoms with van der Waals surface area (Å²) in [6.45, 7) is 6.05. The van der Waals surface area contributed by atoms with E-state index in [-0.39, 0.29) is 6.10 Å². The van der Waals surface area contributed by atoms with Crippen molar-refractivity contribution in [1.82, 2.24) is 4.90 Å². The third-order valence-electron chi connectivity index (χ3n) is 4.92. The van der Waals surface area contributed by atoms with Gasteiger partial charge in [0, 0.05) is 26.2 Å². The predicted molar refractivity (Wildman–Crippen MR) is 93.0 cm³/mol. The second kappa shape index (κ2) is 7.95. The van der Waals surface area contributed by atoms with Crippen molar-refractivity contribution < 1.29 is 17.9 Å². The van der Waals surface area contributed by atoms with Crippen LogP contribution in [0.15, 0.2) is 29.2 Å². The van der Waals surface area contributed by atoms with Crippen molar-refractivity contribution in [3.63, 3.8) is 0 Å². The summed E-state index contributed by atoms with van der Waals surface area (Å²) in [5.41, 5.74) is 1.06. The number of hydrogen-bond donors (Lipinski definition) is 0. The fourth-order valence-corrected chi connectivity index (χ4v) is 5.30. The summed E-state index contributed by atoms with van der Waals surface area (Å²) in [5.74, 6) is 0. The highest BCUT2D eigenvalue weighted by molar-refractivity contribution is 7.92. The standard InChI is InChI=1S/C18H27NO4S/c1-15-5-7-16(8-6-15)24(20,21)18(17-4-2-3-11-23-17)14-19-9-12-22-13-10-19/h5-8,17-18H,2-4,9-14H2,1H3/t17-,18+/m0/s1. The molecule has 0 bridgehead atoms. The Morgan fingerprint density at radius 3 is 2.46 bits per heavy atom. The van der Waals surface area contributed by atoms with E-state index in [1.54, 1.807) is 12.1 Å². The smallest absolute Gasteiger partial charge is 0.185 e. The lowest BCUT2D eigenvalue weighted by Gasteiger charge is -2.35. The van der Waals surface area contributed by atoms with Crippen molar-refractivity contribution in [3.05, 3.63) is 29.8 Å². The molecule has 0 N–H and O–H groups in total. The molecule has 1 aromatic rings. The Morgan fingerprint density at radius 2 is 1.83 bits per heavy atom. The molecule has 0 aromatic heterocycles. The van der Waals surface area contributed by atoms with Gasteiger partial charge < -0.3 is 9.47 Å². The Bertz CT molecular complexity index is 617. The molecule has 5 nitrogen and oxygen atoms in total. The van der Waals surface area contributed by atoms with E-state index in [4.69, 9.17) is 9.47 Å². The van der Waals surface area contributed by atoms with Crippen molar-refractivity contribution in [2.45, 2.75) is 42.4 Å². The Hall–Kier alpha value is -0.950. The van der Waals surface area contributed by atoms with Gasteiger partial charge in [-0.25, -0.2) is 8.42 Å². The Balaban J connectivity index is 1.85. The Kier molecular flexibility index (Phi) is 5.92. The van der Waals surface area contributed by atoms with Gasteiger partial charge in [0.25, 0.3) is 0 Å². The molecule has 0 radical (unpaired) electrons. The number of aryl methyl sites for hydroxylation is 1. The van der Waals surface area contributed by atoms with Crippen LogP contribution < -0.4 is 0 Å². The van der Waals surface area contributed by atoms with E-state index in [9.17, 15) is 8.42 Å². The third kappa shape index (κ3) is 4.17. The summed E-state index contributed by atoms with van der Waals surface area (Å²) in [4.78, 5) is 2.60. The summed E-state index contributed by atoms with van der Waals surface area (Å²) in [6.07, 6.45) is 2.66.